The molecular weight excluding hydrogens is 269 g/mol. The highest BCUT2D eigenvalue weighted by molar-refractivity contribution is 5.35. The maximum atomic E-state index is 13.1. The van der Waals surface area contributed by atoms with Gasteiger partial charge in [-0.15, -0.1) is 0 Å². The van der Waals surface area contributed by atoms with Crippen LogP contribution < -0.4 is 5.32 Å². The van der Waals surface area contributed by atoms with Crippen LogP contribution in [0.1, 0.15) is 36.3 Å². The Bertz CT molecular complexity index is 537. The van der Waals surface area contributed by atoms with E-state index in [1.54, 1.807) is 6.07 Å². The molecule has 0 saturated carbocycles. The number of alkyl halides is 3. The predicted molar refractivity (Wildman–Crippen MR) is 68.0 cm³/mol. The zero-order valence-electron chi connectivity index (χ0n) is 10.9. The van der Waals surface area contributed by atoms with Gasteiger partial charge in [-0.25, -0.2) is 4.98 Å². The lowest BCUT2D eigenvalue weighted by Gasteiger charge is -2.21. The van der Waals surface area contributed by atoms with Crippen LogP contribution in [0.15, 0.2) is 30.6 Å². The molecule has 0 bridgehead atoms. The van der Waals surface area contributed by atoms with Crippen molar-refractivity contribution in [2.75, 3.05) is 6.54 Å². The van der Waals surface area contributed by atoms with Crippen LogP contribution in [-0.4, -0.2) is 21.7 Å². The molecule has 4 nitrogen and oxygen atoms in total. The lowest BCUT2D eigenvalue weighted by Crippen LogP contribution is -2.26. The molecular formula is C13H15F3N4. The van der Waals surface area contributed by atoms with Gasteiger partial charge in [0.25, 0.3) is 0 Å². The van der Waals surface area contributed by atoms with Crippen molar-refractivity contribution in [3.8, 4) is 0 Å². The van der Waals surface area contributed by atoms with Crippen LogP contribution in [0.25, 0.3) is 0 Å². The van der Waals surface area contributed by atoms with Gasteiger partial charge < -0.3 is 5.32 Å². The Morgan fingerprint density at radius 3 is 2.65 bits per heavy atom. The van der Waals surface area contributed by atoms with E-state index in [9.17, 15) is 13.2 Å². The molecule has 0 spiro atoms. The number of aromatic nitrogens is 3. The SMILES string of the molecule is CCCNC(c1ncn[nH]1)c1ccccc1C(F)(F)F. The van der Waals surface area contributed by atoms with Gasteiger partial charge in [0.1, 0.15) is 12.2 Å². The van der Waals surface area contributed by atoms with Gasteiger partial charge in [-0.2, -0.15) is 18.3 Å². The van der Waals surface area contributed by atoms with E-state index < -0.39 is 17.8 Å². The molecule has 0 radical (unpaired) electrons. The average molecular weight is 284 g/mol. The zero-order valence-corrected chi connectivity index (χ0v) is 10.9. The smallest absolute Gasteiger partial charge is 0.304 e. The number of hydrogen-bond acceptors (Lipinski definition) is 3. The number of aromatic amines is 1. The largest absolute Gasteiger partial charge is 0.416 e. The summed E-state index contributed by atoms with van der Waals surface area (Å²) < 4.78 is 39.3. The molecule has 2 N–H and O–H groups in total. The summed E-state index contributed by atoms with van der Waals surface area (Å²) in [6.07, 6.45) is -2.31. The summed E-state index contributed by atoms with van der Waals surface area (Å²) in [7, 11) is 0. The van der Waals surface area contributed by atoms with Crippen LogP contribution in [0.3, 0.4) is 0 Å². The summed E-state index contributed by atoms with van der Waals surface area (Å²) in [5.41, 5.74) is -0.518. The van der Waals surface area contributed by atoms with Crippen LogP contribution in [0.4, 0.5) is 13.2 Å². The number of nitrogens with zero attached hydrogens (tertiary/aromatic N) is 2. The van der Waals surface area contributed by atoms with Crippen molar-refractivity contribution < 1.29 is 13.2 Å². The Kier molecular flexibility index (Phi) is 4.39. The number of halogens is 3. The quantitative estimate of drug-likeness (QED) is 0.887. The molecule has 2 aromatic rings. The van der Waals surface area contributed by atoms with Crippen molar-refractivity contribution in [2.24, 2.45) is 0 Å². The second-order valence-corrected chi connectivity index (χ2v) is 4.34. The van der Waals surface area contributed by atoms with E-state index in [-0.39, 0.29) is 5.56 Å². The molecule has 0 fully saturated rings. The van der Waals surface area contributed by atoms with Crippen LogP contribution in [-0.2, 0) is 6.18 Å². The second-order valence-electron chi connectivity index (χ2n) is 4.34. The van der Waals surface area contributed by atoms with Crippen LogP contribution in [0.5, 0.6) is 0 Å². The molecule has 0 amide bonds. The Balaban J connectivity index is 2.44. The van der Waals surface area contributed by atoms with E-state index >= 15 is 0 Å². The first-order valence-electron chi connectivity index (χ1n) is 6.28. The van der Waals surface area contributed by atoms with Crippen molar-refractivity contribution in [1.82, 2.24) is 20.5 Å². The molecule has 20 heavy (non-hydrogen) atoms. The second kappa shape index (κ2) is 6.04. The maximum absolute atomic E-state index is 13.1. The molecule has 1 unspecified atom stereocenters. The Morgan fingerprint density at radius 1 is 1.30 bits per heavy atom. The van der Waals surface area contributed by atoms with E-state index in [1.165, 1.54) is 18.5 Å². The van der Waals surface area contributed by atoms with E-state index in [0.29, 0.717) is 12.4 Å². The van der Waals surface area contributed by atoms with Gasteiger partial charge in [0.2, 0.25) is 0 Å². The number of H-pyrrole nitrogens is 1. The third kappa shape index (κ3) is 3.16. The van der Waals surface area contributed by atoms with E-state index in [4.69, 9.17) is 0 Å². The standard InChI is InChI=1S/C13H15F3N4/c1-2-7-17-11(12-18-8-19-20-12)9-5-3-4-6-10(9)13(14,15)16/h3-6,8,11,17H,2,7H2,1H3,(H,18,19,20). The normalized spacial score (nSPS) is 13.4. The van der Waals surface area contributed by atoms with Gasteiger partial charge in [0.05, 0.1) is 11.6 Å². The zero-order chi connectivity index (χ0) is 14.6. The first kappa shape index (κ1) is 14.5. The van der Waals surface area contributed by atoms with Crippen molar-refractivity contribution in [2.45, 2.75) is 25.6 Å². The molecule has 0 aliphatic heterocycles. The summed E-state index contributed by atoms with van der Waals surface area (Å²) in [6.45, 7) is 2.53. The Labute approximate surface area is 114 Å². The van der Waals surface area contributed by atoms with Crippen LogP contribution in [0.2, 0.25) is 0 Å². The molecule has 1 aromatic carbocycles. The number of rotatable bonds is 5. The minimum Gasteiger partial charge on any atom is -0.304 e. The molecule has 1 atom stereocenters. The Hall–Kier alpha value is -1.89. The van der Waals surface area contributed by atoms with Gasteiger partial charge >= 0.3 is 6.18 Å². The molecule has 0 saturated heterocycles. The van der Waals surface area contributed by atoms with Gasteiger partial charge in [-0.1, -0.05) is 25.1 Å². The fourth-order valence-electron chi connectivity index (χ4n) is 2.00. The molecule has 0 aliphatic rings. The number of hydrogen-bond donors (Lipinski definition) is 2. The minimum atomic E-state index is -4.40. The maximum Gasteiger partial charge on any atom is 0.416 e. The topological polar surface area (TPSA) is 53.6 Å². The van der Waals surface area contributed by atoms with Gasteiger partial charge in [-0.3, -0.25) is 5.10 Å². The predicted octanol–water partition coefficient (Wildman–Crippen LogP) is 2.91. The summed E-state index contributed by atoms with van der Waals surface area (Å²) in [6, 6.07) is 4.84. The van der Waals surface area contributed by atoms with Crippen molar-refractivity contribution in [3.05, 3.63) is 47.5 Å². The van der Waals surface area contributed by atoms with Crippen molar-refractivity contribution in [1.29, 1.82) is 0 Å². The van der Waals surface area contributed by atoms with Gasteiger partial charge in [0, 0.05) is 0 Å². The van der Waals surface area contributed by atoms with Gasteiger partial charge in [0.15, 0.2) is 0 Å². The van der Waals surface area contributed by atoms with E-state index in [0.717, 1.165) is 12.5 Å². The van der Waals surface area contributed by atoms with Crippen molar-refractivity contribution >= 4 is 0 Å². The first-order valence-corrected chi connectivity index (χ1v) is 6.28. The summed E-state index contributed by atoms with van der Waals surface area (Å²) >= 11 is 0. The highest BCUT2D eigenvalue weighted by Gasteiger charge is 2.35. The molecule has 0 aliphatic carbocycles. The fraction of sp³-hybridized carbons (Fsp3) is 0.385. The highest BCUT2D eigenvalue weighted by atomic mass is 19.4. The lowest BCUT2D eigenvalue weighted by atomic mass is 9.99. The minimum absolute atomic E-state index is 0.144. The first-order chi connectivity index (χ1) is 9.54. The third-order valence-electron chi connectivity index (χ3n) is 2.88. The molecule has 108 valence electrons. The lowest BCUT2D eigenvalue weighted by molar-refractivity contribution is -0.138. The number of benzene rings is 1. The van der Waals surface area contributed by atoms with Gasteiger partial charge in [-0.05, 0) is 24.6 Å². The average Bonchev–Trinajstić information content (AvgIpc) is 2.92. The van der Waals surface area contributed by atoms with Crippen LogP contribution >= 0.6 is 0 Å². The summed E-state index contributed by atoms with van der Waals surface area (Å²) in [5.74, 6) is 0.371. The molecule has 1 heterocycles. The third-order valence-corrected chi connectivity index (χ3v) is 2.88. The highest BCUT2D eigenvalue weighted by Crippen LogP contribution is 2.35. The molecule has 1 aromatic heterocycles. The fourth-order valence-corrected chi connectivity index (χ4v) is 2.00. The van der Waals surface area contributed by atoms with Crippen LogP contribution in [0, 0.1) is 0 Å². The van der Waals surface area contributed by atoms with Crippen molar-refractivity contribution in [3.63, 3.8) is 0 Å². The summed E-state index contributed by atoms with van der Waals surface area (Å²) in [5, 5.41) is 9.41. The number of nitrogens with one attached hydrogen (secondary N) is 2. The Morgan fingerprint density at radius 2 is 2.05 bits per heavy atom. The van der Waals surface area contributed by atoms with E-state index in [2.05, 4.69) is 20.5 Å². The molecule has 2 rings (SSSR count). The summed E-state index contributed by atoms with van der Waals surface area (Å²) in [4.78, 5) is 3.97. The molecule has 7 heteroatoms. The monoisotopic (exact) mass is 284 g/mol. The van der Waals surface area contributed by atoms with E-state index in [1.807, 2.05) is 6.92 Å².